The fraction of sp³-hybridized carbons (Fsp3) is 1.00. The fourth-order valence-corrected chi connectivity index (χ4v) is 4.58. The summed E-state index contributed by atoms with van der Waals surface area (Å²) in [5.41, 5.74) is 0. The maximum Gasteiger partial charge on any atom is 0.338 e. The van der Waals surface area contributed by atoms with Crippen LogP contribution >= 0.6 is 0 Å². The number of unbranched alkanes of at least 4 members (excludes halogenated alkanes) is 8. The molecule has 0 heterocycles. The van der Waals surface area contributed by atoms with E-state index in [2.05, 4.69) is 6.92 Å². The van der Waals surface area contributed by atoms with Crippen molar-refractivity contribution >= 4 is 10.2 Å². The van der Waals surface area contributed by atoms with Crippen LogP contribution in [0.4, 0.5) is 8.28 Å². The van der Waals surface area contributed by atoms with Crippen molar-refractivity contribution in [1.29, 1.82) is 0 Å². The van der Waals surface area contributed by atoms with Crippen molar-refractivity contribution in [2.45, 2.75) is 102 Å². The molecule has 0 amide bonds. The normalized spacial score (nSPS) is 26.2. The lowest BCUT2D eigenvalue weighted by molar-refractivity contribution is 0.104. The average molecular weight is 339 g/mol. The van der Waals surface area contributed by atoms with Crippen LogP contribution in [-0.2, 0) is 10.2 Å². The van der Waals surface area contributed by atoms with E-state index in [0.29, 0.717) is 19.3 Å². The first-order valence-corrected chi connectivity index (χ1v) is 10.4. The van der Waals surface area contributed by atoms with Crippen molar-refractivity contribution in [3.8, 4) is 0 Å². The Hall–Kier alpha value is -0.190. The Kier molecular flexibility index (Phi) is 8.88. The Balaban J connectivity index is 2.20. The molecule has 0 aromatic heterocycles. The Labute approximate surface area is 135 Å². The first kappa shape index (κ1) is 19.9. The Morgan fingerprint density at radius 1 is 0.955 bits per heavy atom. The summed E-state index contributed by atoms with van der Waals surface area (Å²) < 4.78 is 50.1. The summed E-state index contributed by atoms with van der Waals surface area (Å²) in [5.74, 6) is -0.652. The lowest BCUT2D eigenvalue weighted by Crippen LogP contribution is -2.41. The summed E-state index contributed by atoms with van der Waals surface area (Å²) in [5, 5.41) is -2.62. The molecule has 1 fully saturated rings. The van der Waals surface area contributed by atoms with Gasteiger partial charge in [0.25, 0.3) is 0 Å². The van der Waals surface area contributed by atoms with Gasteiger partial charge in [-0.05, 0) is 25.7 Å². The van der Waals surface area contributed by atoms with Crippen LogP contribution in [0, 0.1) is 5.92 Å². The Morgan fingerprint density at radius 2 is 1.50 bits per heavy atom. The van der Waals surface area contributed by atoms with Crippen molar-refractivity contribution in [1.82, 2.24) is 0 Å². The molecule has 22 heavy (non-hydrogen) atoms. The molecule has 0 bridgehead atoms. The molecule has 2 unspecified atom stereocenters. The van der Waals surface area contributed by atoms with Gasteiger partial charge in [-0.2, -0.15) is 8.42 Å². The average Bonchev–Trinajstić information content (AvgIpc) is 2.46. The minimum atomic E-state index is -5.10. The molecular weight excluding hydrogens is 306 g/mol. The first-order chi connectivity index (χ1) is 10.4. The third-order valence-electron chi connectivity index (χ3n) is 4.99. The van der Waals surface area contributed by atoms with Crippen LogP contribution in [-0.4, -0.2) is 13.4 Å². The maximum absolute atomic E-state index is 14.5. The number of rotatable bonds is 11. The van der Waals surface area contributed by atoms with Crippen molar-refractivity contribution in [3.63, 3.8) is 0 Å². The molecule has 1 saturated carbocycles. The van der Waals surface area contributed by atoms with Gasteiger partial charge in [-0.3, -0.25) is 0 Å². The largest absolute Gasteiger partial charge is 0.338 e. The fourth-order valence-electron chi connectivity index (χ4n) is 3.56. The van der Waals surface area contributed by atoms with Crippen molar-refractivity contribution in [3.05, 3.63) is 0 Å². The molecule has 0 N–H and O–H groups in total. The van der Waals surface area contributed by atoms with Crippen molar-refractivity contribution in [2.24, 2.45) is 5.92 Å². The molecule has 0 aliphatic heterocycles. The van der Waals surface area contributed by atoms with Crippen LogP contribution in [0.25, 0.3) is 0 Å². The van der Waals surface area contributed by atoms with Gasteiger partial charge in [0.1, 0.15) is 0 Å². The van der Waals surface area contributed by atoms with E-state index < -0.39 is 21.1 Å². The smallest absolute Gasteiger partial charge is 0.223 e. The summed E-state index contributed by atoms with van der Waals surface area (Å²) in [4.78, 5) is 0. The van der Waals surface area contributed by atoms with Crippen LogP contribution in [0.5, 0.6) is 0 Å². The third kappa shape index (κ3) is 6.13. The molecule has 1 aliphatic carbocycles. The van der Waals surface area contributed by atoms with Crippen LogP contribution in [0.3, 0.4) is 0 Å². The zero-order valence-corrected chi connectivity index (χ0v) is 14.8. The topological polar surface area (TPSA) is 34.1 Å². The summed E-state index contributed by atoms with van der Waals surface area (Å²) in [6, 6.07) is 0. The third-order valence-corrected chi connectivity index (χ3v) is 6.34. The molecule has 0 spiro atoms. The molecular formula is C17H32F2O2S. The predicted octanol–water partition coefficient (Wildman–Crippen LogP) is 6.06. The highest BCUT2D eigenvalue weighted by atomic mass is 32.3. The molecule has 2 nitrogen and oxygen atoms in total. The monoisotopic (exact) mass is 338 g/mol. The first-order valence-electron chi connectivity index (χ1n) is 9.05. The minimum absolute atomic E-state index is 0.173. The Morgan fingerprint density at radius 3 is 2.05 bits per heavy atom. The van der Waals surface area contributed by atoms with E-state index in [0.717, 1.165) is 25.7 Å². The molecule has 132 valence electrons. The van der Waals surface area contributed by atoms with Gasteiger partial charge in [0.15, 0.2) is 0 Å². The van der Waals surface area contributed by atoms with E-state index in [4.69, 9.17) is 0 Å². The van der Waals surface area contributed by atoms with Crippen LogP contribution in [0.1, 0.15) is 96.8 Å². The molecule has 2 atom stereocenters. The molecule has 1 rings (SSSR count). The number of hydrogen-bond donors (Lipinski definition) is 0. The van der Waals surface area contributed by atoms with Crippen molar-refractivity contribution in [2.75, 3.05) is 0 Å². The van der Waals surface area contributed by atoms with E-state index in [1.807, 2.05) is 0 Å². The summed E-state index contributed by atoms with van der Waals surface area (Å²) in [6.07, 6.45) is 12.6. The van der Waals surface area contributed by atoms with Gasteiger partial charge >= 0.3 is 10.2 Å². The van der Waals surface area contributed by atoms with Crippen LogP contribution < -0.4 is 0 Å². The zero-order chi connectivity index (χ0) is 16.5. The molecule has 0 saturated heterocycles. The summed E-state index contributed by atoms with van der Waals surface area (Å²) in [6.45, 7) is 2.20. The van der Waals surface area contributed by atoms with Gasteiger partial charge in [-0.15, -0.1) is 3.89 Å². The number of hydrogen-bond acceptors (Lipinski definition) is 2. The van der Waals surface area contributed by atoms with Gasteiger partial charge in [0.05, 0.1) is 0 Å². The highest BCUT2D eigenvalue weighted by Gasteiger charge is 2.52. The Bertz CT molecular complexity index is 397. The van der Waals surface area contributed by atoms with E-state index >= 15 is 0 Å². The SMILES string of the molecule is CCCCCCCCCCCC1CCCCC1(F)S(=O)(=O)F. The van der Waals surface area contributed by atoms with Gasteiger partial charge in [-0.25, -0.2) is 4.39 Å². The predicted molar refractivity (Wildman–Crippen MR) is 87.7 cm³/mol. The van der Waals surface area contributed by atoms with E-state index in [9.17, 15) is 16.7 Å². The molecule has 0 radical (unpaired) electrons. The quantitative estimate of drug-likeness (QED) is 0.339. The summed E-state index contributed by atoms with van der Waals surface area (Å²) in [7, 11) is -5.10. The van der Waals surface area contributed by atoms with Gasteiger partial charge in [-0.1, -0.05) is 71.1 Å². The van der Waals surface area contributed by atoms with Crippen LogP contribution in [0.15, 0.2) is 0 Å². The number of halogens is 2. The van der Waals surface area contributed by atoms with Crippen LogP contribution in [0.2, 0.25) is 0 Å². The molecule has 5 heteroatoms. The highest BCUT2D eigenvalue weighted by molar-refractivity contribution is 7.87. The summed E-state index contributed by atoms with van der Waals surface area (Å²) >= 11 is 0. The van der Waals surface area contributed by atoms with E-state index in [-0.39, 0.29) is 6.42 Å². The minimum Gasteiger partial charge on any atom is -0.223 e. The second-order valence-electron chi connectivity index (χ2n) is 6.78. The lowest BCUT2D eigenvalue weighted by Gasteiger charge is -2.34. The standard InChI is InChI=1S/C17H32F2O2S/c1-2-3-4-5-6-7-8-9-10-13-16-14-11-12-15-17(16,18)22(19,20)21/h16H,2-15H2,1H3. The van der Waals surface area contributed by atoms with Gasteiger partial charge < -0.3 is 0 Å². The van der Waals surface area contributed by atoms with E-state index in [1.54, 1.807) is 0 Å². The second-order valence-corrected chi connectivity index (χ2v) is 8.34. The highest BCUT2D eigenvalue weighted by Crippen LogP contribution is 2.44. The maximum atomic E-state index is 14.5. The van der Waals surface area contributed by atoms with Crippen molar-refractivity contribution < 1.29 is 16.7 Å². The van der Waals surface area contributed by atoms with Gasteiger partial charge in [0.2, 0.25) is 5.00 Å². The van der Waals surface area contributed by atoms with E-state index in [1.165, 1.54) is 38.5 Å². The zero-order valence-electron chi connectivity index (χ0n) is 14.0. The van der Waals surface area contributed by atoms with Gasteiger partial charge in [0, 0.05) is 5.92 Å². The second kappa shape index (κ2) is 9.84. The molecule has 1 aliphatic rings. The molecule has 0 aromatic carbocycles. The number of alkyl halides is 1. The molecule has 0 aromatic rings. The lowest BCUT2D eigenvalue weighted by atomic mass is 9.83.